The Morgan fingerprint density at radius 1 is 1.31 bits per heavy atom. The zero-order valence-corrected chi connectivity index (χ0v) is 11.2. The van der Waals surface area contributed by atoms with Gasteiger partial charge in [-0.2, -0.15) is 23.5 Å². The highest BCUT2D eigenvalue weighted by atomic mass is 35.5. The van der Waals surface area contributed by atoms with Crippen LogP contribution in [0.3, 0.4) is 0 Å². The van der Waals surface area contributed by atoms with E-state index in [-0.39, 0.29) is 6.04 Å². The molecule has 2 atom stereocenters. The van der Waals surface area contributed by atoms with Gasteiger partial charge in [-0.05, 0) is 17.7 Å². The van der Waals surface area contributed by atoms with Crippen LogP contribution in [0.4, 0.5) is 0 Å². The first-order chi connectivity index (χ1) is 7.81. The Bertz CT molecular complexity index is 325. The van der Waals surface area contributed by atoms with E-state index in [9.17, 15) is 0 Å². The molecule has 1 aliphatic heterocycles. The van der Waals surface area contributed by atoms with Gasteiger partial charge in [0.2, 0.25) is 0 Å². The number of hydrogen-bond acceptors (Lipinski definition) is 4. The molecular weight excluding hydrogens is 260 g/mol. The third-order valence-electron chi connectivity index (χ3n) is 2.62. The fourth-order valence-electron chi connectivity index (χ4n) is 1.79. The molecule has 0 saturated carbocycles. The van der Waals surface area contributed by atoms with Crippen LogP contribution in [0, 0.1) is 0 Å². The van der Waals surface area contributed by atoms with Crippen LogP contribution < -0.4 is 11.3 Å². The monoisotopic (exact) mass is 274 g/mol. The minimum atomic E-state index is 0.218. The Balaban J connectivity index is 2.11. The van der Waals surface area contributed by atoms with Gasteiger partial charge in [-0.25, -0.2) is 0 Å². The number of hydrogen-bond donors (Lipinski definition) is 2. The van der Waals surface area contributed by atoms with E-state index in [1.807, 2.05) is 47.8 Å². The predicted octanol–water partition coefficient (Wildman–Crippen LogP) is 2.69. The SMILES string of the molecule is NNC(c1ccc(Cl)cc1)C1CSCCS1. The van der Waals surface area contributed by atoms with Crippen molar-refractivity contribution in [2.75, 3.05) is 17.3 Å². The summed E-state index contributed by atoms with van der Waals surface area (Å²) in [6.07, 6.45) is 0. The molecule has 1 aliphatic rings. The number of hydrazine groups is 1. The summed E-state index contributed by atoms with van der Waals surface area (Å²) in [6.45, 7) is 0. The third-order valence-corrected chi connectivity index (χ3v) is 5.74. The lowest BCUT2D eigenvalue weighted by Gasteiger charge is -2.29. The maximum Gasteiger partial charge on any atom is 0.0586 e. The zero-order chi connectivity index (χ0) is 11.4. The molecule has 1 aromatic carbocycles. The molecule has 1 aromatic rings. The average Bonchev–Trinajstić information content (AvgIpc) is 2.34. The predicted molar refractivity (Wildman–Crippen MR) is 75.1 cm³/mol. The summed E-state index contributed by atoms with van der Waals surface area (Å²) in [5, 5.41) is 1.31. The van der Waals surface area contributed by atoms with Crippen molar-refractivity contribution in [3.63, 3.8) is 0 Å². The first-order valence-corrected chi connectivity index (χ1v) is 7.80. The van der Waals surface area contributed by atoms with Gasteiger partial charge in [0.05, 0.1) is 6.04 Å². The molecule has 88 valence electrons. The number of rotatable bonds is 3. The Morgan fingerprint density at radius 2 is 2.06 bits per heavy atom. The molecule has 0 radical (unpaired) electrons. The van der Waals surface area contributed by atoms with Crippen molar-refractivity contribution in [1.29, 1.82) is 0 Å². The third kappa shape index (κ3) is 3.08. The second-order valence-electron chi connectivity index (χ2n) is 3.68. The maximum absolute atomic E-state index is 5.88. The minimum absolute atomic E-state index is 0.218. The molecule has 2 rings (SSSR count). The van der Waals surface area contributed by atoms with Crippen LogP contribution in [-0.4, -0.2) is 22.5 Å². The Labute approximate surface area is 110 Å². The van der Waals surface area contributed by atoms with E-state index in [2.05, 4.69) is 5.43 Å². The van der Waals surface area contributed by atoms with E-state index >= 15 is 0 Å². The summed E-state index contributed by atoms with van der Waals surface area (Å²) in [6, 6.07) is 8.15. The molecule has 0 amide bonds. The standard InChI is InChI=1S/C11H15ClN2S2/c12-9-3-1-8(2-4-9)11(14-13)10-7-15-5-6-16-10/h1-4,10-11,14H,5-7,13H2. The summed E-state index contributed by atoms with van der Waals surface area (Å²) in [5.41, 5.74) is 4.14. The van der Waals surface area contributed by atoms with Crippen LogP contribution in [0.1, 0.15) is 11.6 Å². The van der Waals surface area contributed by atoms with Gasteiger partial charge in [-0.15, -0.1) is 0 Å². The van der Waals surface area contributed by atoms with Crippen molar-refractivity contribution >= 4 is 35.1 Å². The molecule has 0 aromatic heterocycles. The summed E-state index contributed by atoms with van der Waals surface area (Å²) in [4.78, 5) is 0. The molecular formula is C11H15ClN2S2. The van der Waals surface area contributed by atoms with Gasteiger partial charge in [0.15, 0.2) is 0 Å². The number of benzene rings is 1. The zero-order valence-electron chi connectivity index (χ0n) is 8.86. The first kappa shape index (κ1) is 12.6. The Hall–Kier alpha value is 0.130. The van der Waals surface area contributed by atoms with Crippen molar-refractivity contribution in [3.05, 3.63) is 34.9 Å². The number of nitrogens with one attached hydrogen (secondary N) is 1. The van der Waals surface area contributed by atoms with E-state index in [1.54, 1.807) is 0 Å². The number of halogens is 1. The highest BCUT2D eigenvalue weighted by molar-refractivity contribution is 8.06. The topological polar surface area (TPSA) is 38.0 Å². The summed E-state index contributed by atoms with van der Waals surface area (Å²) >= 11 is 9.89. The van der Waals surface area contributed by atoms with Gasteiger partial charge >= 0.3 is 0 Å². The number of thioether (sulfide) groups is 2. The highest BCUT2D eigenvalue weighted by Crippen LogP contribution is 2.33. The normalized spacial score (nSPS) is 23.0. The second-order valence-corrected chi connectivity index (χ2v) is 6.61. The first-order valence-electron chi connectivity index (χ1n) is 5.22. The van der Waals surface area contributed by atoms with Crippen molar-refractivity contribution in [2.24, 2.45) is 5.84 Å². The van der Waals surface area contributed by atoms with Gasteiger partial charge in [0, 0.05) is 27.5 Å². The maximum atomic E-state index is 5.88. The summed E-state index contributed by atoms with van der Waals surface area (Å²) in [7, 11) is 0. The Kier molecular flexibility index (Phi) is 4.85. The highest BCUT2D eigenvalue weighted by Gasteiger charge is 2.24. The Morgan fingerprint density at radius 3 is 2.62 bits per heavy atom. The molecule has 2 unspecified atom stereocenters. The quantitative estimate of drug-likeness (QED) is 0.657. The molecule has 1 fully saturated rings. The van der Waals surface area contributed by atoms with Gasteiger partial charge in [-0.3, -0.25) is 11.3 Å². The van der Waals surface area contributed by atoms with Crippen LogP contribution in [0.25, 0.3) is 0 Å². The molecule has 5 heteroatoms. The largest absolute Gasteiger partial charge is 0.271 e. The van der Waals surface area contributed by atoms with Gasteiger partial charge < -0.3 is 0 Å². The lowest BCUT2D eigenvalue weighted by Crippen LogP contribution is -2.37. The lowest BCUT2D eigenvalue weighted by molar-refractivity contribution is 0.553. The molecule has 16 heavy (non-hydrogen) atoms. The molecule has 0 bridgehead atoms. The molecule has 1 heterocycles. The van der Waals surface area contributed by atoms with Gasteiger partial charge in [-0.1, -0.05) is 23.7 Å². The van der Waals surface area contributed by atoms with Gasteiger partial charge in [0.25, 0.3) is 0 Å². The smallest absolute Gasteiger partial charge is 0.0586 e. The van der Waals surface area contributed by atoms with Crippen molar-refractivity contribution < 1.29 is 0 Å². The van der Waals surface area contributed by atoms with E-state index in [4.69, 9.17) is 17.4 Å². The van der Waals surface area contributed by atoms with Crippen LogP contribution in [0.2, 0.25) is 5.02 Å². The van der Waals surface area contributed by atoms with Gasteiger partial charge in [0.1, 0.15) is 0 Å². The fraction of sp³-hybridized carbons (Fsp3) is 0.455. The summed E-state index contributed by atoms with van der Waals surface area (Å²) < 4.78 is 0. The molecule has 1 saturated heterocycles. The lowest BCUT2D eigenvalue weighted by atomic mass is 10.1. The average molecular weight is 275 g/mol. The number of nitrogens with two attached hydrogens (primary N) is 1. The van der Waals surface area contributed by atoms with Crippen LogP contribution in [0.15, 0.2) is 24.3 Å². The fourth-order valence-corrected chi connectivity index (χ4v) is 4.76. The van der Waals surface area contributed by atoms with Crippen LogP contribution in [-0.2, 0) is 0 Å². The van der Waals surface area contributed by atoms with Crippen LogP contribution in [0.5, 0.6) is 0 Å². The van der Waals surface area contributed by atoms with E-state index in [0.29, 0.717) is 5.25 Å². The molecule has 0 spiro atoms. The molecule has 2 nitrogen and oxygen atoms in total. The molecule has 0 aliphatic carbocycles. The van der Waals surface area contributed by atoms with Crippen molar-refractivity contribution in [2.45, 2.75) is 11.3 Å². The molecule has 3 N–H and O–H groups in total. The van der Waals surface area contributed by atoms with E-state index < -0.39 is 0 Å². The van der Waals surface area contributed by atoms with Crippen molar-refractivity contribution in [1.82, 2.24) is 5.43 Å². The minimum Gasteiger partial charge on any atom is -0.271 e. The van der Waals surface area contributed by atoms with Crippen LogP contribution >= 0.6 is 35.1 Å². The summed E-state index contributed by atoms with van der Waals surface area (Å²) in [5.74, 6) is 9.28. The van der Waals surface area contributed by atoms with E-state index in [1.165, 1.54) is 17.1 Å². The van der Waals surface area contributed by atoms with E-state index in [0.717, 1.165) is 10.8 Å². The van der Waals surface area contributed by atoms with Crippen molar-refractivity contribution in [3.8, 4) is 0 Å². The second kappa shape index (κ2) is 6.17.